The van der Waals surface area contributed by atoms with Crippen LogP contribution in [0.5, 0.6) is 0 Å². The lowest BCUT2D eigenvalue weighted by Crippen LogP contribution is -2.12. The summed E-state index contributed by atoms with van der Waals surface area (Å²) in [5.41, 5.74) is 2.72. The molecule has 10 heteroatoms. The van der Waals surface area contributed by atoms with Crippen LogP contribution in [0, 0.1) is 0 Å². The number of aromatic nitrogens is 2. The first-order chi connectivity index (χ1) is 15.9. The molecule has 0 spiro atoms. The number of carbonyl (C=O) groups excluding carboxylic acids is 1. The zero-order valence-corrected chi connectivity index (χ0v) is 19.3. The molecule has 0 amide bonds. The SMILES string of the molecule is O=C(CSc1nc2cc(S(=O)(=O)Nc3ccc(Cl)cc3)ccc2o1)c1c[nH]c2ccccc12. The van der Waals surface area contributed by atoms with E-state index in [1.165, 1.54) is 12.1 Å². The zero-order valence-electron chi connectivity index (χ0n) is 16.9. The fraction of sp³-hybridized carbons (Fsp3) is 0.0435. The van der Waals surface area contributed by atoms with Crippen molar-refractivity contribution in [2.45, 2.75) is 10.1 Å². The van der Waals surface area contributed by atoms with E-state index >= 15 is 0 Å². The summed E-state index contributed by atoms with van der Waals surface area (Å²) in [4.78, 5) is 20.2. The highest BCUT2D eigenvalue weighted by Crippen LogP contribution is 2.28. The van der Waals surface area contributed by atoms with Crippen LogP contribution in [0.3, 0.4) is 0 Å². The fourth-order valence-corrected chi connectivity index (χ4v) is 5.28. The fourth-order valence-electron chi connectivity index (χ4n) is 3.35. The van der Waals surface area contributed by atoms with Crippen LogP contribution in [0.25, 0.3) is 22.0 Å². The summed E-state index contributed by atoms with van der Waals surface area (Å²) in [5.74, 6) is 0.0768. The third-order valence-electron chi connectivity index (χ3n) is 4.96. The molecule has 7 nitrogen and oxygen atoms in total. The van der Waals surface area contributed by atoms with Crippen molar-refractivity contribution in [1.82, 2.24) is 9.97 Å². The topological polar surface area (TPSA) is 105 Å². The van der Waals surface area contributed by atoms with Crippen molar-refractivity contribution in [3.63, 3.8) is 0 Å². The molecule has 5 aromatic rings. The molecule has 0 bridgehead atoms. The molecule has 0 radical (unpaired) electrons. The molecule has 0 aliphatic carbocycles. The molecule has 0 saturated carbocycles. The van der Waals surface area contributed by atoms with Crippen LogP contribution in [0.4, 0.5) is 5.69 Å². The van der Waals surface area contributed by atoms with Crippen molar-refractivity contribution in [2.24, 2.45) is 0 Å². The predicted octanol–water partition coefficient (Wildman–Crippen LogP) is 5.74. The van der Waals surface area contributed by atoms with Crippen LogP contribution in [-0.2, 0) is 10.0 Å². The predicted molar refractivity (Wildman–Crippen MR) is 130 cm³/mol. The number of carbonyl (C=O) groups is 1. The van der Waals surface area contributed by atoms with Gasteiger partial charge in [-0.25, -0.2) is 13.4 Å². The molecule has 0 atom stereocenters. The van der Waals surface area contributed by atoms with Crippen LogP contribution >= 0.6 is 23.4 Å². The summed E-state index contributed by atoms with van der Waals surface area (Å²) < 4.78 is 33.7. The second kappa shape index (κ2) is 8.58. The number of sulfonamides is 1. The molecule has 2 heterocycles. The standard InChI is InChI=1S/C23H16ClN3O4S2/c24-14-5-7-15(8-6-14)27-33(29,30)16-9-10-22-20(11-16)26-23(31-22)32-13-21(28)18-12-25-19-4-2-1-3-17(18)19/h1-12,25,27H,13H2. The van der Waals surface area contributed by atoms with Gasteiger partial charge in [-0.1, -0.05) is 41.6 Å². The molecular formula is C23H16ClN3O4S2. The largest absolute Gasteiger partial charge is 0.431 e. The molecule has 2 N–H and O–H groups in total. The second-order valence-electron chi connectivity index (χ2n) is 7.18. The molecule has 0 aliphatic rings. The van der Waals surface area contributed by atoms with E-state index in [4.69, 9.17) is 16.0 Å². The molecule has 33 heavy (non-hydrogen) atoms. The highest BCUT2D eigenvalue weighted by molar-refractivity contribution is 7.99. The average molecular weight is 498 g/mol. The average Bonchev–Trinajstić information content (AvgIpc) is 3.42. The number of para-hydroxylation sites is 1. The van der Waals surface area contributed by atoms with Crippen LogP contribution in [0.1, 0.15) is 10.4 Å². The van der Waals surface area contributed by atoms with Crippen LogP contribution in [-0.4, -0.2) is 29.9 Å². The van der Waals surface area contributed by atoms with E-state index in [1.807, 2.05) is 24.3 Å². The normalized spacial score (nSPS) is 11.8. The van der Waals surface area contributed by atoms with Crippen molar-refractivity contribution in [3.8, 4) is 0 Å². The summed E-state index contributed by atoms with van der Waals surface area (Å²) in [6, 6.07) is 18.4. The first-order valence-electron chi connectivity index (χ1n) is 9.80. The van der Waals surface area contributed by atoms with Gasteiger partial charge in [-0.05, 0) is 48.5 Å². The minimum Gasteiger partial charge on any atom is -0.431 e. The van der Waals surface area contributed by atoms with Crippen molar-refractivity contribution in [3.05, 3.63) is 83.5 Å². The van der Waals surface area contributed by atoms with Gasteiger partial charge < -0.3 is 9.40 Å². The minimum absolute atomic E-state index is 0.0460. The Morgan fingerprint density at radius 1 is 1.09 bits per heavy atom. The molecule has 0 saturated heterocycles. The Balaban J connectivity index is 1.32. The van der Waals surface area contributed by atoms with Gasteiger partial charge in [-0.3, -0.25) is 9.52 Å². The van der Waals surface area contributed by atoms with Gasteiger partial charge in [-0.2, -0.15) is 0 Å². The molecule has 166 valence electrons. The maximum Gasteiger partial charge on any atom is 0.261 e. The van der Waals surface area contributed by atoms with Gasteiger partial charge in [0.25, 0.3) is 15.2 Å². The molecule has 0 unspecified atom stereocenters. The van der Waals surface area contributed by atoms with E-state index in [0.717, 1.165) is 22.7 Å². The number of oxazole rings is 1. The maximum absolute atomic E-state index is 12.7. The quantitative estimate of drug-likeness (QED) is 0.219. The number of hydrogen-bond acceptors (Lipinski definition) is 6. The van der Waals surface area contributed by atoms with Gasteiger partial charge in [0.1, 0.15) is 5.52 Å². The van der Waals surface area contributed by atoms with E-state index < -0.39 is 10.0 Å². The van der Waals surface area contributed by atoms with E-state index in [2.05, 4.69) is 14.7 Å². The third kappa shape index (κ3) is 4.47. The number of aromatic amines is 1. The number of fused-ring (bicyclic) bond motifs is 2. The van der Waals surface area contributed by atoms with E-state index in [1.54, 1.807) is 36.5 Å². The summed E-state index contributed by atoms with van der Waals surface area (Å²) in [6.07, 6.45) is 1.70. The summed E-state index contributed by atoms with van der Waals surface area (Å²) >= 11 is 7.01. The minimum atomic E-state index is -3.82. The van der Waals surface area contributed by atoms with E-state index in [0.29, 0.717) is 32.6 Å². The Hall–Kier alpha value is -3.27. The first kappa shape index (κ1) is 21.6. The van der Waals surface area contributed by atoms with Gasteiger partial charge in [0.15, 0.2) is 11.4 Å². The van der Waals surface area contributed by atoms with Crippen molar-refractivity contribution >= 4 is 66.9 Å². The lowest BCUT2D eigenvalue weighted by Gasteiger charge is -2.07. The van der Waals surface area contributed by atoms with Crippen LogP contribution in [0.15, 0.2) is 87.5 Å². The zero-order chi connectivity index (χ0) is 23.0. The van der Waals surface area contributed by atoms with Gasteiger partial charge in [0, 0.05) is 33.4 Å². The number of anilines is 1. The number of rotatable bonds is 7. The summed E-state index contributed by atoms with van der Waals surface area (Å²) in [7, 11) is -3.82. The van der Waals surface area contributed by atoms with E-state index in [9.17, 15) is 13.2 Å². The number of nitrogens with zero attached hydrogens (tertiary/aromatic N) is 1. The molecular weight excluding hydrogens is 482 g/mol. The number of hydrogen-bond donors (Lipinski definition) is 2. The van der Waals surface area contributed by atoms with Gasteiger partial charge in [0.2, 0.25) is 0 Å². The Labute approximate surface area is 198 Å². The summed E-state index contributed by atoms with van der Waals surface area (Å²) in [5, 5.41) is 1.66. The highest BCUT2D eigenvalue weighted by Gasteiger charge is 2.18. The van der Waals surface area contributed by atoms with Crippen molar-refractivity contribution in [2.75, 3.05) is 10.5 Å². The number of benzene rings is 3. The lowest BCUT2D eigenvalue weighted by molar-refractivity contribution is 0.102. The van der Waals surface area contributed by atoms with Crippen molar-refractivity contribution in [1.29, 1.82) is 0 Å². The molecule has 0 fully saturated rings. The Bertz CT molecular complexity index is 1590. The first-order valence-corrected chi connectivity index (χ1v) is 12.6. The Kier molecular flexibility index (Phi) is 5.61. The van der Waals surface area contributed by atoms with Gasteiger partial charge >= 0.3 is 0 Å². The molecule has 5 rings (SSSR count). The number of Topliss-reactive ketones (excluding diaryl/α,β-unsaturated/α-hetero) is 1. The number of thioether (sulfide) groups is 1. The highest BCUT2D eigenvalue weighted by atomic mass is 35.5. The number of nitrogens with one attached hydrogen (secondary N) is 2. The smallest absolute Gasteiger partial charge is 0.261 e. The number of halogens is 1. The third-order valence-corrected chi connectivity index (χ3v) is 7.42. The monoisotopic (exact) mass is 497 g/mol. The van der Waals surface area contributed by atoms with Gasteiger partial charge in [0.05, 0.1) is 10.6 Å². The molecule has 0 aliphatic heterocycles. The molecule has 3 aromatic carbocycles. The summed E-state index contributed by atoms with van der Waals surface area (Å²) in [6.45, 7) is 0. The second-order valence-corrected chi connectivity index (χ2v) is 10.2. The lowest BCUT2D eigenvalue weighted by atomic mass is 10.1. The van der Waals surface area contributed by atoms with Crippen molar-refractivity contribution < 1.29 is 17.6 Å². The van der Waals surface area contributed by atoms with E-state index in [-0.39, 0.29) is 16.4 Å². The maximum atomic E-state index is 12.7. The van der Waals surface area contributed by atoms with Crippen LogP contribution < -0.4 is 4.72 Å². The Morgan fingerprint density at radius 2 is 1.88 bits per heavy atom. The van der Waals surface area contributed by atoms with Gasteiger partial charge in [-0.15, -0.1) is 0 Å². The number of H-pyrrole nitrogens is 1. The number of ketones is 1. The van der Waals surface area contributed by atoms with Crippen LogP contribution in [0.2, 0.25) is 5.02 Å². The Morgan fingerprint density at radius 3 is 2.70 bits per heavy atom. The molecule has 2 aromatic heterocycles.